The minimum atomic E-state index is -4.45. The maximum Gasteiger partial charge on any atom is 0.416 e. The van der Waals surface area contributed by atoms with Gasteiger partial charge in [0.05, 0.1) is 47.9 Å². The van der Waals surface area contributed by atoms with Crippen LogP contribution in [0.1, 0.15) is 59.0 Å². The third-order valence-electron chi connectivity index (χ3n) is 6.85. The van der Waals surface area contributed by atoms with Crippen molar-refractivity contribution in [1.29, 1.82) is 0 Å². The van der Waals surface area contributed by atoms with E-state index in [2.05, 4.69) is 9.97 Å². The van der Waals surface area contributed by atoms with E-state index in [0.29, 0.717) is 39.1 Å². The normalized spacial score (nSPS) is 20.2. The molecule has 2 atom stereocenters. The van der Waals surface area contributed by atoms with Crippen LogP contribution < -0.4 is 5.73 Å². The van der Waals surface area contributed by atoms with Gasteiger partial charge in [-0.15, -0.1) is 0 Å². The van der Waals surface area contributed by atoms with E-state index in [1.165, 1.54) is 6.07 Å². The second kappa shape index (κ2) is 7.67. The van der Waals surface area contributed by atoms with Crippen LogP contribution >= 0.6 is 0 Å². The van der Waals surface area contributed by atoms with Gasteiger partial charge in [-0.2, -0.15) is 13.2 Å². The molecule has 6 rings (SSSR count). The minimum Gasteiger partial charge on any atom is -0.382 e. The van der Waals surface area contributed by atoms with Crippen molar-refractivity contribution in [3.63, 3.8) is 0 Å². The van der Waals surface area contributed by atoms with E-state index < -0.39 is 23.9 Å². The van der Waals surface area contributed by atoms with Crippen LogP contribution in [0.3, 0.4) is 0 Å². The van der Waals surface area contributed by atoms with Gasteiger partial charge in [0.15, 0.2) is 0 Å². The third kappa shape index (κ3) is 3.59. The van der Waals surface area contributed by atoms with Gasteiger partial charge in [0, 0.05) is 11.6 Å². The largest absolute Gasteiger partial charge is 0.416 e. The number of halogens is 3. The van der Waals surface area contributed by atoms with Crippen molar-refractivity contribution in [3.05, 3.63) is 71.2 Å². The molecular weight excluding hydrogens is 459 g/mol. The fraction of sp³-hybridized carbons (Fsp3) is 0.320. The van der Waals surface area contributed by atoms with Gasteiger partial charge in [0.25, 0.3) is 5.91 Å². The Morgan fingerprint density at radius 2 is 1.94 bits per heavy atom. The number of amides is 1. The maximum absolute atomic E-state index is 13.8. The first-order valence-corrected chi connectivity index (χ1v) is 11.4. The highest BCUT2D eigenvalue weighted by atomic mass is 19.4. The fourth-order valence-electron chi connectivity index (χ4n) is 4.92. The zero-order valence-electron chi connectivity index (χ0n) is 18.8. The average Bonchev–Trinajstić information content (AvgIpc) is 3.53. The summed E-state index contributed by atoms with van der Waals surface area (Å²) in [5, 5.41) is 0. The summed E-state index contributed by atoms with van der Waals surface area (Å²) in [6.07, 6.45) is -0.0375. The number of benzene rings is 2. The van der Waals surface area contributed by atoms with Crippen LogP contribution in [0.4, 0.5) is 19.0 Å². The number of rotatable bonds is 3. The highest BCUT2D eigenvalue weighted by molar-refractivity contribution is 5.98. The Kier molecular flexibility index (Phi) is 4.79. The van der Waals surface area contributed by atoms with Gasteiger partial charge < -0.3 is 15.4 Å². The maximum atomic E-state index is 13.8. The van der Waals surface area contributed by atoms with E-state index in [9.17, 15) is 18.0 Å². The van der Waals surface area contributed by atoms with Crippen molar-refractivity contribution in [2.45, 2.75) is 44.1 Å². The Hall–Kier alpha value is -3.66. The van der Waals surface area contributed by atoms with E-state index in [1.54, 1.807) is 46.9 Å². The average molecular weight is 481 g/mol. The summed E-state index contributed by atoms with van der Waals surface area (Å²) >= 11 is 0. The summed E-state index contributed by atoms with van der Waals surface area (Å²) in [6, 6.07) is 8.46. The van der Waals surface area contributed by atoms with E-state index in [0.717, 1.165) is 25.0 Å². The highest BCUT2D eigenvalue weighted by Gasteiger charge is 2.42. The van der Waals surface area contributed by atoms with Crippen molar-refractivity contribution in [2.24, 2.45) is 0 Å². The lowest BCUT2D eigenvalue weighted by atomic mass is 9.91. The zero-order valence-corrected chi connectivity index (χ0v) is 18.8. The first-order valence-electron chi connectivity index (χ1n) is 11.4. The molecule has 1 saturated carbocycles. The van der Waals surface area contributed by atoms with Crippen LogP contribution in [0, 0.1) is 0 Å². The number of carbonyl (C=O) groups is 1. The fourth-order valence-corrected chi connectivity index (χ4v) is 4.92. The first-order chi connectivity index (χ1) is 16.7. The highest BCUT2D eigenvalue weighted by Crippen LogP contribution is 2.43. The molecule has 4 aromatic rings. The summed E-state index contributed by atoms with van der Waals surface area (Å²) in [5.74, 6) is 0.144. The second-order valence-corrected chi connectivity index (χ2v) is 9.13. The number of nitrogens with zero attached hydrogens (tertiary/aromatic N) is 4. The monoisotopic (exact) mass is 481 g/mol. The molecular formula is C25H22F3N5O2. The quantitative estimate of drug-likeness (QED) is 0.449. The molecule has 0 saturated heterocycles. The molecule has 1 aliphatic carbocycles. The molecule has 10 heteroatoms. The van der Waals surface area contributed by atoms with Gasteiger partial charge in [-0.05, 0) is 61.2 Å². The number of anilines is 1. The molecule has 2 aromatic heterocycles. The number of fused-ring (bicyclic) bond motifs is 4. The van der Waals surface area contributed by atoms with Crippen LogP contribution in [0.25, 0.3) is 16.6 Å². The van der Waals surface area contributed by atoms with Crippen LogP contribution in [-0.2, 0) is 10.9 Å². The van der Waals surface area contributed by atoms with Crippen LogP contribution in [0.15, 0.2) is 48.9 Å². The van der Waals surface area contributed by atoms with Gasteiger partial charge in [-0.3, -0.25) is 9.20 Å². The van der Waals surface area contributed by atoms with Crippen molar-refractivity contribution in [3.8, 4) is 0 Å². The number of nitrogens with two attached hydrogens (primary N) is 1. The van der Waals surface area contributed by atoms with Crippen molar-refractivity contribution in [1.82, 2.24) is 19.3 Å². The lowest BCUT2D eigenvalue weighted by molar-refractivity contribution is -0.137. The molecule has 180 valence electrons. The summed E-state index contributed by atoms with van der Waals surface area (Å²) in [6.45, 7) is 1.95. The molecule has 0 bridgehead atoms. The summed E-state index contributed by atoms with van der Waals surface area (Å²) in [4.78, 5) is 24.2. The molecule has 0 unspecified atom stereocenters. The lowest BCUT2D eigenvalue weighted by Crippen LogP contribution is -2.41. The van der Waals surface area contributed by atoms with Gasteiger partial charge in [-0.1, -0.05) is 6.07 Å². The van der Waals surface area contributed by atoms with Gasteiger partial charge >= 0.3 is 6.18 Å². The molecule has 0 radical (unpaired) electrons. The number of hydrogen-bond acceptors (Lipinski definition) is 5. The Bertz CT molecular complexity index is 1480. The zero-order chi connectivity index (χ0) is 24.5. The summed E-state index contributed by atoms with van der Waals surface area (Å²) < 4.78 is 47.7. The Balaban J connectivity index is 1.42. The third-order valence-corrected chi connectivity index (χ3v) is 6.85. The lowest BCUT2D eigenvalue weighted by Gasteiger charge is -2.38. The SMILES string of the molecule is C[C@H]1OC[C@@H](N(C(=O)c2ccc3nc(N)c4cncn4c3c2)C2CC2)c2ccc(C(F)(F)F)cc21. The van der Waals surface area contributed by atoms with Gasteiger partial charge in [0.2, 0.25) is 0 Å². The number of ether oxygens (including phenoxy) is 1. The number of hydrogen-bond donors (Lipinski definition) is 1. The smallest absolute Gasteiger partial charge is 0.382 e. The topological polar surface area (TPSA) is 85.8 Å². The minimum absolute atomic E-state index is 0.00755. The van der Waals surface area contributed by atoms with Crippen molar-refractivity contribution in [2.75, 3.05) is 12.3 Å². The molecule has 1 aliphatic heterocycles. The molecule has 7 nitrogen and oxygen atoms in total. The van der Waals surface area contributed by atoms with Crippen LogP contribution in [0.5, 0.6) is 0 Å². The Morgan fingerprint density at radius 1 is 1.14 bits per heavy atom. The van der Waals surface area contributed by atoms with E-state index in [-0.39, 0.29) is 18.6 Å². The van der Waals surface area contributed by atoms with Crippen LogP contribution in [0.2, 0.25) is 0 Å². The number of carbonyl (C=O) groups excluding carboxylic acids is 1. The Labute approximate surface area is 198 Å². The van der Waals surface area contributed by atoms with Crippen molar-refractivity contribution >= 4 is 28.3 Å². The molecule has 35 heavy (non-hydrogen) atoms. The predicted molar refractivity (Wildman–Crippen MR) is 123 cm³/mol. The van der Waals surface area contributed by atoms with E-state index in [1.807, 2.05) is 0 Å². The molecule has 0 spiro atoms. The standard InChI is InChI=1S/C25H22F3N5O2/c1-13-18-9-15(25(26,27)28)3-6-17(18)22(11-35-13)33(16-4-5-16)24(34)14-2-7-19-20(8-14)32-12-30-10-21(32)23(29)31-19/h2-3,6-10,12-13,16,22H,4-5,11H2,1H3,(H2,29,31)/t13-,22-/m1/s1. The number of imidazole rings is 1. The van der Waals surface area contributed by atoms with E-state index in [4.69, 9.17) is 10.5 Å². The molecule has 1 fully saturated rings. The molecule has 2 aliphatic rings. The number of nitrogen functional groups attached to an aromatic ring is 1. The Morgan fingerprint density at radius 3 is 2.69 bits per heavy atom. The summed E-state index contributed by atoms with van der Waals surface area (Å²) in [7, 11) is 0. The summed E-state index contributed by atoms with van der Waals surface area (Å²) in [5.41, 5.74) is 8.88. The predicted octanol–water partition coefficient (Wildman–Crippen LogP) is 4.92. The number of alkyl halides is 3. The first kappa shape index (κ1) is 21.8. The van der Waals surface area contributed by atoms with Gasteiger partial charge in [-0.25, -0.2) is 9.97 Å². The number of aromatic nitrogens is 3. The van der Waals surface area contributed by atoms with Crippen LogP contribution in [-0.4, -0.2) is 37.8 Å². The van der Waals surface area contributed by atoms with E-state index >= 15 is 0 Å². The second-order valence-electron chi connectivity index (χ2n) is 9.13. The molecule has 1 amide bonds. The van der Waals surface area contributed by atoms with Gasteiger partial charge in [0.1, 0.15) is 11.3 Å². The molecule has 2 aromatic carbocycles. The molecule has 3 heterocycles. The molecule has 2 N–H and O–H groups in total. The van der Waals surface area contributed by atoms with Crippen molar-refractivity contribution < 1.29 is 22.7 Å².